The smallest absolute Gasteiger partial charge is 0.165 e. The van der Waals surface area contributed by atoms with Crippen molar-refractivity contribution in [2.24, 2.45) is 0 Å². The molecule has 2 rings (SSSR count). The molecule has 0 aliphatic heterocycles. The number of nitrogens with one attached hydrogen (secondary N) is 1. The zero-order valence-electron chi connectivity index (χ0n) is 12.0. The number of methoxy groups -OCH3 is 1. The molecule has 0 saturated carbocycles. The average molecular weight is 415 g/mol. The van der Waals surface area contributed by atoms with Gasteiger partial charge in [0.05, 0.1) is 19.4 Å². The molecule has 0 aliphatic carbocycles. The number of rotatable bonds is 6. The van der Waals surface area contributed by atoms with Crippen LogP contribution in [0.4, 0.5) is 5.69 Å². The third kappa shape index (κ3) is 3.92. The van der Waals surface area contributed by atoms with Crippen molar-refractivity contribution in [1.29, 1.82) is 0 Å². The molecule has 0 amide bonds. The van der Waals surface area contributed by atoms with Crippen molar-refractivity contribution in [3.05, 3.63) is 50.9 Å². The van der Waals surface area contributed by atoms with Gasteiger partial charge in [-0.2, -0.15) is 0 Å². The van der Waals surface area contributed by atoms with E-state index in [1.54, 1.807) is 7.11 Å². The molecule has 0 fully saturated rings. The van der Waals surface area contributed by atoms with Gasteiger partial charge in [0, 0.05) is 21.1 Å². The van der Waals surface area contributed by atoms with Crippen LogP contribution in [-0.4, -0.2) is 13.7 Å². The summed E-state index contributed by atoms with van der Waals surface area (Å²) in [6.45, 7) is 3.22. The highest BCUT2D eigenvalue weighted by molar-refractivity contribution is 9.11. The normalized spacial score (nSPS) is 10.3. The third-order valence-corrected chi connectivity index (χ3v) is 4.30. The van der Waals surface area contributed by atoms with Gasteiger partial charge in [-0.3, -0.25) is 0 Å². The minimum atomic E-state index is 0.614. The van der Waals surface area contributed by atoms with E-state index in [4.69, 9.17) is 9.47 Å². The van der Waals surface area contributed by atoms with Crippen molar-refractivity contribution in [2.75, 3.05) is 19.0 Å². The van der Waals surface area contributed by atoms with E-state index < -0.39 is 0 Å². The van der Waals surface area contributed by atoms with E-state index >= 15 is 0 Å². The molecule has 0 heterocycles. The van der Waals surface area contributed by atoms with E-state index in [0.29, 0.717) is 13.2 Å². The molecule has 0 aliphatic rings. The van der Waals surface area contributed by atoms with E-state index in [0.717, 1.165) is 31.7 Å². The monoisotopic (exact) mass is 413 g/mol. The number of ether oxygens (including phenoxy) is 2. The summed E-state index contributed by atoms with van der Waals surface area (Å²) in [5.41, 5.74) is 2.06. The van der Waals surface area contributed by atoms with E-state index in [2.05, 4.69) is 37.2 Å². The van der Waals surface area contributed by atoms with Crippen LogP contribution in [0.25, 0.3) is 0 Å². The summed E-state index contributed by atoms with van der Waals surface area (Å²) >= 11 is 7.09. The minimum Gasteiger partial charge on any atom is -0.493 e. The lowest BCUT2D eigenvalue weighted by atomic mass is 10.1. The van der Waals surface area contributed by atoms with Crippen LogP contribution in [-0.2, 0) is 6.54 Å². The van der Waals surface area contributed by atoms with Gasteiger partial charge in [-0.05, 0) is 57.0 Å². The fraction of sp³-hybridized carbons (Fsp3) is 0.250. The predicted octanol–water partition coefficient (Wildman–Crippen LogP) is 5.23. The van der Waals surface area contributed by atoms with Gasteiger partial charge in [0.1, 0.15) is 0 Å². The van der Waals surface area contributed by atoms with Crippen LogP contribution in [0, 0.1) is 0 Å². The van der Waals surface area contributed by atoms with E-state index in [9.17, 15) is 0 Å². The SMILES string of the molecule is CCOc1cccc(CNc2c(Br)cccc2Br)c1OC. The summed E-state index contributed by atoms with van der Waals surface area (Å²) in [4.78, 5) is 0. The van der Waals surface area contributed by atoms with Crippen LogP contribution < -0.4 is 14.8 Å². The van der Waals surface area contributed by atoms with Gasteiger partial charge in [0.25, 0.3) is 0 Å². The number of benzene rings is 2. The van der Waals surface area contributed by atoms with Crippen molar-refractivity contribution >= 4 is 37.5 Å². The molecule has 0 saturated heterocycles. The van der Waals surface area contributed by atoms with Gasteiger partial charge in [-0.1, -0.05) is 18.2 Å². The van der Waals surface area contributed by atoms with Crippen LogP contribution in [0.3, 0.4) is 0 Å². The van der Waals surface area contributed by atoms with Gasteiger partial charge < -0.3 is 14.8 Å². The molecule has 0 atom stereocenters. The van der Waals surface area contributed by atoms with Gasteiger partial charge in [0.15, 0.2) is 11.5 Å². The van der Waals surface area contributed by atoms with Gasteiger partial charge in [-0.15, -0.1) is 0 Å². The first-order valence-corrected chi connectivity index (χ1v) is 8.22. The number of anilines is 1. The second-order valence-electron chi connectivity index (χ2n) is 4.33. The summed E-state index contributed by atoms with van der Waals surface area (Å²) in [6, 6.07) is 11.9. The molecule has 5 heteroatoms. The molecule has 2 aromatic carbocycles. The first kappa shape index (κ1) is 16.2. The summed E-state index contributed by atoms with van der Waals surface area (Å²) < 4.78 is 13.1. The molecule has 1 N–H and O–H groups in total. The highest BCUT2D eigenvalue weighted by Gasteiger charge is 2.11. The quantitative estimate of drug-likeness (QED) is 0.701. The Hall–Kier alpha value is -1.20. The number of para-hydroxylation sites is 2. The maximum Gasteiger partial charge on any atom is 0.165 e. The van der Waals surface area contributed by atoms with Crippen LogP contribution in [0.1, 0.15) is 12.5 Å². The Labute approximate surface area is 141 Å². The van der Waals surface area contributed by atoms with Crippen LogP contribution in [0.5, 0.6) is 11.5 Å². The summed E-state index contributed by atoms with van der Waals surface area (Å²) in [5.74, 6) is 1.54. The molecule has 0 bridgehead atoms. The van der Waals surface area contributed by atoms with Gasteiger partial charge >= 0.3 is 0 Å². The Morgan fingerprint density at radius 3 is 2.33 bits per heavy atom. The van der Waals surface area contributed by atoms with Gasteiger partial charge in [0.2, 0.25) is 0 Å². The fourth-order valence-corrected chi connectivity index (χ4v) is 3.33. The lowest BCUT2D eigenvalue weighted by Gasteiger charge is -2.15. The topological polar surface area (TPSA) is 30.5 Å². The van der Waals surface area contributed by atoms with Crippen molar-refractivity contribution in [2.45, 2.75) is 13.5 Å². The second kappa shape index (κ2) is 7.71. The molecule has 0 radical (unpaired) electrons. The summed E-state index contributed by atoms with van der Waals surface area (Å²) in [6.07, 6.45) is 0. The lowest BCUT2D eigenvalue weighted by molar-refractivity contribution is 0.309. The number of halogens is 2. The Balaban J connectivity index is 2.22. The summed E-state index contributed by atoms with van der Waals surface area (Å²) in [5, 5.41) is 3.41. The fourth-order valence-electron chi connectivity index (χ4n) is 2.05. The van der Waals surface area contributed by atoms with Crippen LogP contribution in [0.15, 0.2) is 45.3 Å². The molecule has 112 valence electrons. The minimum absolute atomic E-state index is 0.614. The Kier molecular flexibility index (Phi) is 5.94. The molecule has 2 aromatic rings. The van der Waals surface area contributed by atoms with Crippen molar-refractivity contribution in [3.63, 3.8) is 0 Å². The largest absolute Gasteiger partial charge is 0.493 e. The Morgan fingerprint density at radius 2 is 1.71 bits per heavy atom. The standard InChI is InChI=1S/C16H17Br2NO2/c1-3-21-14-9-4-6-11(16(14)20-2)10-19-15-12(17)7-5-8-13(15)18/h4-9,19H,3,10H2,1-2H3. The first-order valence-electron chi connectivity index (χ1n) is 6.64. The maximum absolute atomic E-state index is 5.60. The lowest BCUT2D eigenvalue weighted by Crippen LogP contribution is -2.04. The predicted molar refractivity (Wildman–Crippen MR) is 93.3 cm³/mol. The molecular weight excluding hydrogens is 398 g/mol. The van der Waals surface area contributed by atoms with E-state index in [1.807, 2.05) is 43.3 Å². The highest BCUT2D eigenvalue weighted by atomic mass is 79.9. The molecular formula is C16H17Br2NO2. The summed E-state index contributed by atoms with van der Waals surface area (Å²) in [7, 11) is 1.66. The zero-order chi connectivity index (χ0) is 15.2. The second-order valence-corrected chi connectivity index (χ2v) is 6.04. The number of hydrogen-bond donors (Lipinski definition) is 1. The van der Waals surface area contributed by atoms with Crippen molar-refractivity contribution < 1.29 is 9.47 Å². The number of hydrogen-bond acceptors (Lipinski definition) is 3. The third-order valence-electron chi connectivity index (χ3n) is 2.98. The Morgan fingerprint density at radius 1 is 1.05 bits per heavy atom. The zero-order valence-corrected chi connectivity index (χ0v) is 15.1. The van der Waals surface area contributed by atoms with Gasteiger partial charge in [-0.25, -0.2) is 0 Å². The highest BCUT2D eigenvalue weighted by Crippen LogP contribution is 2.34. The average Bonchev–Trinajstić information content (AvgIpc) is 2.47. The molecule has 0 aromatic heterocycles. The van der Waals surface area contributed by atoms with Crippen molar-refractivity contribution in [3.8, 4) is 11.5 Å². The van der Waals surface area contributed by atoms with Crippen LogP contribution in [0.2, 0.25) is 0 Å². The van der Waals surface area contributed by atoms with E-state index in [1.165, 1.54) is 0 Å². The molecule has 0 unspecified atom stereocenters. The van der Waals surface area contributed by atoms with Crippen molar-refractivity contribution in [1.82, 2.24) is 0 Å². The van der Waals surface area contributed by atoms with Crippen LogP contribution >= 0.6 is 31.9 Å². The molecule has 3 nitrogen and oxygen atoms in total. The maximum atomic E-state index is 5.60. The molecule has 21 heavy (non-hydrogen) atoms. The first-order chi connectivity index (χ1) is 10.2. The Bertz CT molecular complexity index is 597. The van der Waals surface area contributed by atoms with E-state index in [-0.39, 0.29) is 0 Å². The molecule has 0 spiro atoms.